The van der Waals surface area contributed by atoms with Crippen LogP contribution in [0.3, 0.4) is 0 Å². The van der Waals surface area contributed by atoms with Gasteiger partial charge in [-0.2, -0.15) is 0 Å². The molecule has 0 radical (unpaired) electrons. The Morgan fingerprint density at radius 3 is 2.21 bits per heavy atom. The Morgan fingerprint density at radius 1 is 1.29 bits per heavy atom. The molecule has 1 N–H and O–H groups in total. The topological polar surface area (TPSA) is 37.3 Å². The third-order valence-electron chi connectivity index (χ3n) is 1.69. The van der Waals surface area contributed by atoms with Gasteiger partial charge < -0.3 is 5.11 Å². The van der Waals surface area contributed by atoms with Gasteiger partial charge in [0.1, 0.15) is 0 Å². The predicted octanol–water partition coefficient (Wildman–Crippen LogP) is 3.01. The van der Waals surface area contributed by atoms with E-state index in [1.807, 2.05) is 0 Å². The van der Waals surface area contributed by atoms with Crippen LogP contribution in [0.2, 0.25) is 0 Å². The van der Waals surface area contributed by atoms with E-state index in [0.29, 0.717) is 5.56 Å². The molecule has 5 heteroatoms. The standard InChI is InChI=1S/C9H7Cl3O2/c10-7(8(13)14)9(11,12)6-4-2-1-3-5-6/h1-5,7H,(H,13,14). The average molecular weight is 254 g/mol. The Kier molecular flexibility index (Phi) is 3.65. The van der Waals surface area contributed by atoms with Gasteiger partial charge >= 0.3 is 5.97 Å². The van der Waals surface area contributed by atoms with Gasteiger partial charge in [-0.05, 0) is 5.56 Å². The molecule has 0 spiro atoms. The van der Waals surface area contributed by atoms with Crippen LogP contribution in [0.5, 0.6) is 0 Å². The Morgan fingerprint density at radius 2 is 1.79 bits per heavy atom. The maximum atomic E-state index is 10.6. The lowest BCUT2D eigenvalue weighted by molar-refractivity contribution is -0.136. The summed E-state index contributed by atoms with van der Waals surface area (Å²) in [5.74, 6) is -1.25. The molecule has 0 aliphatic heterocycles. The van der Waals surface area contributed by atoms with Crippen molar-refractivity contribution in [3.63, 3.8) is 0 Å². The quantitative estimate of drug-likeness (QED) is 0.841. The summed E-state index contributed by atoms with van der Waals surface area (Å²) in [6.07, 6.45) is 0. The fourth-order valence-corrected chi connectivity index (χ4v) is 1.53. The zero-order valence-corrected chi connectivity index (χ0v) is 9.22. The highest BCUT2D eigenvalue weighted by atomic mass is 35.5. The first-order valence-electron chi connectivity index (χ1n) is 3.76. The molecule has 14 heavy (non-hydrogen) atoms. The number of aliphatic carboxylic acids is 1. The number of alkyl halides is 3. The molecule has 0 heterocycles. The number of carboxylic acids is 1. The van der Waals surface area contributed by atoms with Crippen molar-refractivity contribution in [2.24, 2.45) is 0 Å². The summed E-state index contributed by atoms with van der Waals surface area (Å²) in [5, 5.41) is 7.30. The normalized spacial score (nSPS) is 13.6. The van der Waals surface area contributed by atoms with Gasteiger partial charge in [-0.15, -0.1) is 11.6 Å². The second kappa shape index (κ2) is 4.39. The number of hydrogen-bond donors (Lipinski definition) is 1. The van der Waals surface area contributed by atoms with Crippen molar-refractivity contribution in [1.82, 2.24) is 0 Å². The second-order valence-corrected chi connectivity index (χ2v) is 4.51. The van der Waals surface area contributed by atoms with E-state index in [-0.39, 0.29) is 0 Å². The van der Waals surface area contributed by atoms with Crippen molar-refractivity contribution in [2.45, 2.75) is 9.71 Å². The molecule has 0 amide bonds. The maximum Gasteiger partial charge on any atom is 0.325 e. The number of benzene rings is 1. The SMILES string of the molecule is O=C(O)C(Cl)C(Cl)(Cl)c1ccccc1. The molecule has 0 aliphatic carbocycles. The van der Waals surface area contributed by atoms with Crippen molar-refractivity contribution < 1.29 is 9.90 Å². The van der Waals surface area contributed by atoms with Gasteiger partial charge in [0.15, 0.2) is 9.71 Å². The highest BCUT2D eigenvalue weighted by Crippen LogP contribution is 2.40. The Bertz CT molecular complexity index is 324. The van der Waals surface area contributed by atoms with E-state index in [9.17, 15) is 4.79 Å². The average Bonchev–Trinajstić information content (AvgIpc) is 2.18. The summed E-state index contributed by atoms with van der Waals surface area (Å²) in [6.45, 7) is 0. The molecule has 1 atom stereocenters. The molecular formula is C9H7Cl3O2. The van der Waals surface area contributed by atoms with Gasteiger partial charge in [0.05, 0.1) is 0 Å². The van der Waals surface area contributed by atoms with Crippen LogP contribution in [0.25, 0.3) is 0 Å². The molecule has 1 aromatic carbocycles. The van der Waals surface area contributed by atoms with Gasteiger partial charge in [-0.25, -0.2) is 0 Å². The number of carboxylic acid groups (broad SMARTS) is 1. The molecule has 76 valence electrons. The van der Waals surface area contributed by atoms with Crippen LogP contribution in [0.15, 0.2) is 30.3 Å². The number of halogens is 3. The summed E-state index contributed by atoms with van der Waals surface area (Å²) in [5.41, 5.74) is 0.464. The third kappa shape index (κ3) is 2.32. The Labute approximate surface area is 96.4 Å². The molecule has 1 aromatic rings. The minimum absolute atomic E-state index is 0.464. The Hall–Kier alpha value is -0.440. The van der Waals surface area contributed by atoms with Gasteiger partial charge in [0.25, 0.3) is 0 Å². The van der Waals surface area contributed by atoms with Gasteiger partial charge in [0, 0.05) is 0 Å². The van der Waals surface area contributed by atoms with Crippen molar-refractivity contribution in [3.05, 3.63) is 35.9 Å². The highest BCUT2D eigenvalue weighted by molar-refractivity contribution is 6.54. The summed E-state index contributed by atoms with van der Waals surface area (Å²) < 4.78 is -1.62. The first-order chi connectivity index (χ1) is 6.46. The molecule has 2 nitrogen and oxygen atoms in total. The van der Waals surface area contributed by atoms with Crippen LogP contribution in [-0.4, -0.2) is 16.5 Å². The Balaban J connectivity index is 3.02. The summed E-state index contributed by atoms with van der Waals surface area (Å²) >= 11 is 17.3. The highest BCUT2D eigenvalue weighted by Gasteiger charge is 2.40. The molecule has 0 bridgehead atoms. The number of carbonyl (C=O) groups is 1. The first-order valence-corrected chi connectivity index (χ1v) is 4.95. The van der Waals surface area contributed by atoms with E-state index in [2.05, 4.69) is 0 Å². The van der Waals surface area contributed by atoms with Crippen molar-refractivity contribution in [2.75, 3.05) is 0 Å². The molecule has 0 saturated heterocycles. The predicted molar refractivity (Wildman–Crippen MR) is 57.1 cm³/mol. The van der Waals surface area contributed by atoms with E-state index in [0.717, 1.165) is 0 Å². The van der Waals surface area contributed by atoms with E-state index >= 15 is 0 Å². The third-order valence-corrected chi connectivity index (χ3v) is 3.30. The lowest BCUT2D eigenvalue weighted by Gasteiger charge is -2.22. The fraction of sp³-hybridized carbons (Fsp3) is 0.222. The summed E-state index contributed by atoms with van der Waals surface area (Å²) in [4.78, 5) is 10.6. The molecule has 0 aromatic heterocycles. The molecule has 0 saturated carbocycles. The smallest absolute Gasteiger partial charge is 0.325 e. The lowest BCUT2D eigenvalue weighted by Crippen LogP contribution is -2.31. The van der Waals surface area contributed by atoms with Gasteiger partial charge in [-0.3, -0.25) is 4.79 Å². The largest absolute Gasteiger partial charge is 0.480 e. The lowest BCUT2D eigenvalue weighted by atomic mass is 10.1. The van der Waals surface area contributed by atoms with Crippen LogP contribution < -0.4 is 0 Å². The zero-order valence-electron chi connectivity index (χ0n) is 6.95. The van der Waals surface area contributed by atoms with Crippen LogP contribution >= 0.6 is 34.8 Å². The van der Waals surface area contributed by atoms with Crippen molar-refractivity contribution in [3.8, 4) is 0 Å². The second-order valence-electron chi connectivity index (χ2n) is 2.69. The fourth-order valence-electron chi connectivity index (χ4n) is 0.962. The molecule has 0 aliphatic rings. The minimum atomic E-state index is -1.62. The first kappa shape index (κ1) is 11.6. The van der Waals surface area contributed by atoms with Crippen LogP contribution in [0, 0.1) is 0 Å². The van der Waals surface area contributed by atoms with Gasteiger partial charge in [-0.1, -0.05) is 53.5 Å². The van der Waals surface area contributed by atoms with E-state index in [1.54, 1.807) is 30.3 Å². The van der Waals surface area contributed by atoms with E-state index in [1.165, 1.54) is 0 Å². The van der Waals surface area contributed by atoms with Gasteiger partial charge in [0.2, 0.25) is 0 Å². The minimum Gasteiger partial charge on any atom is -0.480 e. The molecule has 1 unspecified atom stereocenters. The number of rotatable bonds is 3. The van der Waals surface area contributed by atoms with E-state index < -0.39 is 15.7 Å². The molecule has 1 rings (SSSR count). The molecule has 0 fully saturated rings. The summed E-state index contributed by atoms with van der Waals surface area (Å²) in [7, 11) is 0. The van der Waals surface area contributed by atoms with Crippen LogP contribution in [-0.2, 0) is 9.13 Å². The summed E-state index contributed by atoms with van der Waals surface area (Å²) in [6, 6.07) is 8.44. The van der Waals surface area contributed by atoms with E-state index in [4.69, 9.17) is 39.9 Å². The van der Waals surface area contributed by atoms with Crippen molar-refractivity contribution in [1.29, 1.82) is 0 Å². The number of hydrogen-bond acceptors (Lipinski definition) is 1. The monoisotopic (exact) mass is 252 g/mol. The van der Waals surface area contributed by atoms with Crippen LogP contribution in [0.4, 0.5) is 0 Å². The van der Waals surface area contributed by atoms with Crippen molar-refractivity contribution >= 4 is 40.8 Å². The zero-order chi connectivity index (χ0) is 10.8. The van der Waals surface area contributed by atoms with Crippen LogP contribution in [0.1, 0.15) is 5.56 Å². The maximum absolute atomic E-state index is 10.6. The molecular weight excluding hydrogens is 246 g/mol.